The number of hydrogen-bond donors (Lipinski definition) is 2. The van der Waals surface area contributed by atoms with Crippen molar-refractivity contribution in [3.8, 4) is 11.6 Å². The van der Waals surface area contributed by atoms with Crippen LogP contribution in [0.25, 0.3) is 0 Å². The number of sulfonamides is 1. The predicted molar refractivity (Wildman–Crippen MR) is 141 cm³/mol. The number of anilines is 1. The summed E-state index contributed by atoms with van der Waals surface area (Å²) in [6.45, 7) is 8.17. The molecule has 0 unspecified atom stereocenters. The molecule has 0 radical (unpaired) electrons. The molecule has 11 heteroatoms. The van der Waals surface area contributed by atoms with Crippen LogP contribution in [-0.4, -0.2) is 42.4 Å². The molecule has 0 saturated carbocycles. The van der Waals surface area contributed by atoms with Gasteiger partial charge in [-0.1, -0.05) is 29.8 Å². The Morgan fingerprint density at radius 3 is 2.27 bits per heavy atom. The molecule has 0 aliphatic carbocycles. The average molecular weight is 526 g/mol. The summed E-state index contributed by atoms with van der Waals surface area (Å²) in [6.07, 6.45) is 1.55. The van der Waals surface area contributed by atoms with Gasteiger partial charge in [0.2, 0.25) is 21.7 Å². The fourth-order valence-electron chi connectivity index (χ4n) is 4.65. The SMILES string of the molecule is Cc1cc(C)c(Oc2ccc([N+](=O)[O-])c(NC3CCN(Cc4ccc(S(N)(=O)=O)cc4)CC3)n2)c(C)c1. The first-order chi connectivity index (χ1) is 17.5. The lowest BCUT2D eigenvalue weighted by Gasteiger charge is -2.32. The molecule has 0 atom stereocenters. The number of aryl methyl sites for hydroxylation is 3. The molecule has 2 heterocycles. The molecule has 0 spiro atoms. The minimum absolute atomic E-state index is 0.0188. The van der Waals surface area contributed by atoms with Gasteiger partial charge < -0.3 is 10.1 Å². The fraction of sp³-hybridized carbons (Fsp3) is 0.346. The largest absolute Gasteiger partial charge is 0.438 e. The van der Waals surface area contributed by atoms with Crippen molar-refractivity contribution >= 4 is 21.5 Å². The maximum Gasteiger partial charge on any atom is 0.311 e. The summed E-state index contributed by atoms with van der Waals surface area (Å²) >= 11 is 0. The molecular formula is C26H31N5O5S. The number of benzene rings is 2. The van der Waals surface area contributed by atoms with Crippen molar-refractivity contribution < 1.29 is 18.1 Å². The highest BCUT2D eigenvalue weighted by Crippen LogP contribution is 2.33. The van der Waals surface area contributed by atoms with E-state index in [0.29, 0.717) is 18.2 Å². The highest BCUT2D eigenvalue weighted by molar-refractivity contribution is 7.89. The fourth-order valence-corrected chi connectivity index (χ4v) is 5.16. The number of piperidine rings is 1. The Balaban J connectivity index is 1.41. The van der Waals surface area contributed by atoms with Gasteiger partial charge in [-0.2, -0.15) is 4.98 Å². The number of nitrogens with two attached hydrogens (primary N) is 1. The molecule has 37 heavy (non-hydrogen) atoms. The van der Waals surface area contributed by atoms with Crippen LogP contribution >= 0.6 is 0 Å². The van der Waals surface area contributed by atoms with E-state index in [9.17, 15) is 18.5 Å². The second-order valence-electron chi connectivity index (χ2n) is 9.49. The van der Waals surface area contributed by atoms with E-state index in [1.54, 1.807) is 12.1 Å². The molecular weight excluding hydrogens is 494 g/mol. The quantitative estimate of drug-likeness (QED) is 0.325. The summed E-state index contributed by atoms with van der Waals surface area (Å²) in [5, 5.41) is 20.1. The number of hydrogen-bond acceptors (Lipinski definition) is 8. The number of nitrogens with zero attached hydrogens (tertiary/aromatic N) is 3. The summed E-state index contributed by atoms with van der Waals surface area (Å²) in [5.74, 6) is 1.19. The van der Waals surface area contributed by atoms with Crippen LogP contribution in [0.1, 0.15) is 35.1 Å². The van der Waals surface area contributed by atoms with E-state index in [4.69, 9.17) is 9.88 Å². The molecule has 1 aliphatic heterocycles. The molecule has 196 valence electrons. The van der Waals surface area contributed by atoms with E-state index in [2.05, 4.69) is 15.2 Å². The number of rotatable bonds is 8. The van der Waals surface area contributed by atoms with Gasteiger partial charge in [0.15, 0.2) is 0 Å². The van der Waals surface area contributed by atoms with Crippen LogP contribution in [0, 0.1) is 30.9 Å². The van der Waals surface area contributed by atoms with Crippen LogP contribution in [0.3, 0.4) is 0 Å². The molecule has 1 aromatic heterocycles. The summed E-state index contributed by atoms with van der Waals surface area (Å²) < 4.78 is 28.9. The van der Waals surface area contributed by atoms with Crippen LogP contribution in [-0.2, 0) is 16.6 Å². The third-order valence-corrected chi connectivity index (χ3v) is 7.37. The van der Waals surface area contributed by atoms with Crippen molar-refractivity contribution in [2.75, 3.05) is 18.4 Å². The molecule has 10 nitrogen and oxygen atoms in total. The Morgan fingerprint density at radius 1 is 1.08 bits per heavy atom. The third-order valence-electron chi connectivity index (χ3n) is 6.44. The van der Waals surface area contributed by atoms with Crippen molar-refractivity contribution in [1.29, 1.82) is 0 Å². The van der Waals surface area contributed by atoms with Gasteiger partial charge >= 0.3 is 5.69 Å². The van der Waals surface area contributed by atoms with Crippen molar-refractivity contribution in [2.24, 2.45) is 5.14 Å². The lowest BCUT2D eigenvalue weighted by Crippen LogP contribution is -2.38. The van der Waals surface area contributed by atoms with E-state index in [0.717, 1.165) is 48.2 Å². The topological polar surface area (TPSA) is 141 Å². The second-order valence-corrected chi connectivity index (χ2v) is 11.0. The van der Waals surface area contributed by atoms with E-state index in [1.807, 2.05) is 32.9 Å². The van der Waals surface area contributed by atoms with Gasteiger partial charge in [-0.15, -0.1) is 0 Å². The lowest BCUT2D eigenvalue weighted by molar-refractivity contribution is -0.384. The first kappa shape index (κ1) is 26.5. The second kappa shape index (κ2) is 10.8. The first-order valence-electron chi connectivity index (χ1n) is 12.0. The highest BCUT2D eigenvalue weighted by atomic mass is 32.2. The molecule has 3 N–H and O–H groups in total. The van der Waals surface area contributed by atoms with Gasteiger partial charge in [0, 0.05) is 37.8 Å². The van der Waals surface area contributed by atoms with Crippen LogP contribution in [0.4, 0.5) is 11.5 Å². The summed E-state index contributed by atoms with van der Waals surface area (Å²) in [7, 11) is -3.71. The number of pyridine rings is 1. The van der Waals surface area contributed by atoms with Gasteiger partial charge in [0.05, 0.1) is 9.82 Å². The highest BCUT2D eigenvalue weighted by Gasteiger charge is 2.24. The van der Waals surface area contributed by atoms with Gasteiger partial charge in [-0.25, -0.2) is 13.6 Å². The Bertz CT molecular complexity index is 1380. The third kappa shape index (κ3) is 6.62. The number of likely N-dealkylation sites (tertiary alicyclic amines) is 1. The number of aromatic nitrogens is 1. The summed E-state index contributed by atoms with van der Waals surface area (Å²) in [4.78, 5) is 18.0. The standard InChI is InChI=1S/C26H31N5O5S/c1-17-14-18(2)25(19(3)15-17)36-24-9-8-23(31(32)33)26(29-24)28-21-10-12-30(13-11-21)16-20-4-6-22(7-5-20)37(27,34)35/h4-9,14-15,21H,10-13,16H2,1-3H3,(H,28,29)(H2,27,34,35). The van der Waals surface area contributed by atoms with Crippen LogP contribution in [0.2, 0.25) is 0 Å². The van der Waals surface area contributed by atoms with Crippen molar-refractivity contribution in [2.45, 2.75) is 51.1 Å². The van der Waals surface area contributed by atoms with Gasteiger partial charge in [-0.05, 0) is 62.4 Å². The molecule has 2 aromatic carbocycles. The van der Waals surface area contributed by atoms with Gasteiger partial charge in [0.1, 0.15) is 5.75 Å². The number of nitro groups is 1. The zero-order valence-corrected chi connectivity index (χ0v) is 21.9. The predicted octanol–water partition coefficient (Wildman–Crippen LogP) is 4.43. The van der Waals surface area contributed by atoms with Crippen LogP contribution in [0.15, 0.2) is 53.4 Å². The van der Waals surface area contributed by atoms with Crippen LogP contribution < -0.4 is 15.2 Å². The maximum atomic E-state index is 11.7. The van der Waals surface area contributed by atoms with Crippen molar-refractivity contribution in [1.82, 2.24) is 9.88 Å². The molecule has 0 amide bonds. The Morgan fingerprint density at radius 2 is 1.70 bits per heavy atom. The van der Waals surface area contributed by atoms with Gasteiger partial charge in [-0.3, -0.25) is 15.0 Å². The Labute approximate surface area is 216 Å². The Kier molecular flexibility index (Phi) is 7.76. The molecule has 4 rings (SSSR count). The van der Waals surface area contributed by atoms with E-state index < -0.39 is 14.9 Å². The minimum Gasteiger partial charge on any atom is -0.438 e. The molecule has 1 fully saturated rings. The molecule has 1 saturated heterocycles. The zero-order valence-electron chi connectivity index (χ0n) is 21.1. The van der Waals surface area contributed by atoms with Crippen LogP contribution in [0.5, 0.6) is 11.6 Å². The van der Waals surface area contributed by atoms with Gasteiger partial charge in [0.25, 0.3) is 0 Å². The zero-order chi connectivity index (χ0) is 26.7. The minimum atomic E-state index is -3.71. The molecule has 0 bridgehead atoms. The molecule has 1 aliphatic rings. The van der Waals surface area contributed by atoms with E-state index in [-0.39, 0.29) is 22.4 Å². The maximum absolute atomic E-state index is 11.7. The van der Waals surface area contributed by atoms with E-state index >= 15 is 0 Å². The normalized spacial score (nSPS) is 14.9. The Hall–Kier alpha value is -3.54. The van der Waals surface area contributed by atoms with Crippen molar-refractivity contribution in [3.05, 3.63) is 80.9 Å². The van der Waals surface area contributed by atoms with E-state index in [1.165, 1.54) is 24.3 Å². The summed E-state index contributed by atoms with van der Waals surface area (Å²) in [6, 6.07) is 13.6. The smallest absolute Gasteiger partial charge is 0.311 e. The monoisotopic (exact) mass is 525 g/mol. The molecule has 3 aromatic rings. The average Bonchev–Trinajstić information content (AvgIpc) is 2.82. The summed E-state index contributed by atoms with van der Waals surface area (Å²) in [5.41, 5.74) is 3.97. The first-order valence-corrected chi connectivity index (χ1v) is 13.6. The number of primary sulfonamides is 1. The number of nitrogens with one attached hydrogen (secondary N) is 1. The number of ether oxygens (including phenoxy) is 1. The lowest BCUT2D eigenvalue weighted by atomic mass is 10.0. The van der Waals surface area contributed by atoms with Crippen molar-refractivity contribution in [3.63, 3.8) is 0 Å².